The Morgan fingerprint density at radius 2 is 1.89 bits per heavy atom. The number of aromatic nitrogens is 3. The normalized spacial score (nSPS) is 29.8. The smallest absolute Gasteiger partial charge is 0.324 e. The number of hydrazine groups is 1. The molecule has 7 heterocycles. The van der Waals surface area contributed by atoms with E-state index < -0.39 is 29.6 Å². The van der Waals surface area contributed by atoms with Crippen molar-refractivity contribution in [1.29, 1.82) is 0 Å². The summed E-state index contributed by atoms with van der Waals surface area (Å²) in [7, 11) is 1.76. The molecule has 14 nitrogen and oxygen atoms in total. The van der Waals surface area contributed by atoms with Crippen molar-refractivity contribution >= 4 is 45.7 Å². The Balaban J connectivity index is 0.00000252. The Labute approximate surface area is 363 Å². The number of methoxy groups -OCH3 is 1. The molecule has 3 saturated heterocycles. The number of anilines is 1. The summed E-state index contributed by atoms with van der Waals surface area (Å²) >= 11 is 1.49. The van der Waals surface area contributed by atoms with E-state index in [0.717, 1.165) is 88.6 Å². The average Bonchev–Trinajstić information content (AvgIpc) is 4.09. The fraction of sp³-hybridized carbons (Fsp3) is 0.587. The second kappa shape index (κ2) is 15.1. The van der Waals surface area contributed by atoms with Crippen molar-refractivity contribution in [3.63, 3.8) is 0 Å². The summed E-state index contributed by atoms with van der Waals surface area (Å²) in [5, 5.41) is 8.52. The molecule has 3 aliphatic carbocycles. The molecule has 61 heavy (non-hydrogen) atoms. The van der Waals surface area contributed by atoms with Gasteiger partial charge in [-0.15, -0.1) is 11.3 Å². The molecule has 4 aromatic rings. The van der Waals surface area contributed by atoms with Crippen LogP contribution in [0.15, 0.2) is 35.8 Å². The number of hydrogen-bond donors (Lipinski definition) is 2. The van der Waals surface area contributed by atoms with Gasteiger partial charge in [0.2, 0.25) is 5.91 Å². The third kappa shape index (κ3) is 6.77. The van der Waals surface area contributed by atoms with E-state index in [0.29, 0.717) is 32.6 Å². The number of aryl methyl sites for hydroxylation is 1. The first-order chi connectivity index (χ1) is 29.6. The lowest BCUT2D eigenvalue weighted by atomic mass is 9.67. The van der Waals surface area contributed by atoms with Crippen molar-refractivity contribution in [2.45, 2.75) is 89.6 Å². The highest BCUT2D eigenvalue weighted by Gasteiger charge is 2.58. The van der Waals surface area contributed by atoms with Gasteiger partial charge in [0.25, 0.3) is 5.91 Å². The van der Waals surface area contributed by atoms with Crippen molar-refractivity contribution < 1.29 is 31.4 Å². The van der Waals surface area contributed by atoms with Crippen LogP contribution in [0, 0.1) is 23.2 Å². The highest BCUT2D eigenvalue weighted by Crippen LogP contribution is 2.57. The van der Waals surface area contributed by atoms with Crippen LogP contribution >= 0.6 is 11.3 Å². The molecule has 2 amide bonds. The number of fused-ring (bicyclic) bond motifs is 9. The van der Waals surface area contributed by atoms with Crippen LogP contribution in [0.3, 0.4) is 0 Å². The molecule has 3 aromatic heterocycles. The number of carbonyl (C=O) groups excluding carboxylic acids is 3. The predicted molar refractivity (Wildman–Crippen MR) is 235 cm³/mol. The van der Waals surface area contributed by atoms with Gasteiger partial charge in [-0.25, -0.2) is 10.4 Å². The number of nitrogens with zero attached hydrogens (tertiary/aromatic N) is 6. The van der Waals surface area contributed by atoms with Gasteiger partial charge >= 0.3 is 5.97 Å². The second-order valence-electron chi connectivity index (χ2n) is 18.9. The SMILES string of the molecule is CCn1c2c3c4cc(ccc41)-c1csc(n1)C[C@H](NC(=O)C1[C@H]4COC[C@@H]14)C(=O)N1CCC[C@H](N1)C(=O)OCC(C)(C)C3[C@H](OC)c1ncc(N3CCN(C4CC4)CC3)cc1-2.[HH].[HH]. The van der Waals surface area contributed by atoms with Crippen molar-refractivity contribution in [2.75, 3.05) is 64.6 Å². The fourth-order valence-electron chi connectivity index (χ4n) is 11.2. The molecule has 6 bridgehead atoms. The van der Waals surface area contributed by atoms with Crippen molar-refractivity contribution in [3.05, 3.63) is 52.1 Å². The van der Waals surface area contributed by atoms with Gasteiger partial charge in [0, 0.05) is 106 Å². The number of amides is 2. The Morgan fingerprint density at radius 1 is 1.08 bits per heavy atom. The van der Waals surface area contributed by atoms with Crippen LogP contribution in [0.1, 0.15) is 77.6 Å². The van der Waals surface area contributed by atoms with Crippen LogP contribution < -0.4 is 15.6 Å². The zero-order valence-electron chi connectivity index (χ0n) is 35.5. The monoisotopic (exact) mass is 852 g/mol. The first-order valence-corrected chi connectivity index (χ1v) is 23.2. The number of carbonyl (C=O) groups is 3. The van der Waals surface area contributed by atoms with E-state index in [-0.39, 0.29) is 51.4 Å². The molecule has 2 N–H and O–H groups in total. The average molecular weight is 853 g/mol. The second-order valence-corrected chi connectivity index (χ2v) is 19.9. The Hall–Kier alpha value is -4.41. The Kier molecular flexibility index (Phi) is 9.79. The van der Waals surface area contributed by atoms with Gasteiger partial charge in [0.05, 0.1) is 53.8 Å². The van der Waals surface area contributed by atoms with Gasteiger partial charge in [-0.2, -0.15) is 0 Å². The molecule has 7 aliphatic rings. The third-order valence-corrected chi connectivity index (χ3v) is 15.6. The number of esters is 1. The quantitative estimate of drug-likeness (QED) is 0.241. The lowest BCUT2D eigenvalue weighted by molar-refractivity contribution is -0.156. The van der Waals surface area contributed by atoms with E-state index in [4.69, 9.17) is 24.2 Å². The van der Waals surface area contributed by atoms with Gasteiger partial charge in [0.15, 0.2) is 0 Å². The number of benzene rings is 1. The number of pyridine rings is 1. The Morgan fingerprint density at radius 3 is 2.64 bits per heavy atom. The molecule has 0 spiro atoms. The van der Waals surface area contributed by atoms with E-state index in [1.165, 1.54) is 34.8 Å². The van der Waals surface area contributed by atoms with E-state index in [9.17, 15) is 14.4 Å². The standard InChI is InChI=1S/C46H56N8O6S.2H2/c1-5-53-35-11-8-25-17-28(35)38-39(42(58-4)40-29(41(38)53)18-27(20-47-40)52-15-13-51(14-16-52)26-9-10-26)46(2,3)24-60-45(57)32-7-6-12-54(50-32)44(56)33(19-36-48-34(25)23-61-36)49-43(55)37-30-21-59-22-31(30)37;;/h8,11,17-18,20,23,26,30-33,37,39,42,50H,5-7,9-10,12-16,19,21-22,24H2,1-4H3,(H,49,55);2*1H/t30-,31+,32-,33-,37?,39?,42-;;/m0../s1. The number of rotatable bonds is 6. The first kappa shape index (κ1) is 39.4. The van der Waals surface area contributed by atoms with Gasteiger partial charge in [0.1, 0.15) is 18.2 Å². The van der Waals surface area contributed by atoms with Crippen molar-refractivity contribution in [1.82, 2.24) is 35.2 Å². The minimum absolute atomic E-state index is 0. The van der Waals surface area contributed by atoms with E-state index >= 15 is 0 Å². The van der Waals surface area contributed by atoms with Gasteiger partial charge < -0.3 is 29.0 Å². The summed E-state index contributed by atoms with van der Waals surface area (Å²) in [6.45, 7) is 13.0. The Bertz CT molecular complexity index is 2400. The van der Waals surface area contributed by atoms with E-state index in [1.807, 2.05) is 6.20 Å². The number of thiazole rings is 1. The molecule has 0 radical (unpaired) electrons. The van der Waals surface area contributed by atoms with Crippen molar-refractivity contribution in [2.24, 2.45) is 23.2 Å². The van der Waals surface area contributed by atoms with Gasteiger partial charge in [-0.05, 0) is 68.2 Å². The maximum absolute atomic E-state index is 14.3. The van der Waals surface area contributed by atoms with Crippen LogP contribution in [0.5, 0.6) is 0 Å². The lowest BCUT2D eigenvalue weighted by Crippen LogP contribution is -2.60. The molecule has 15 heteroatoms. The third-order valence-electron chi connectivity index (χ3n) is 14.7. The molecule has 2 unspecified atom stereocenters. The molecule has 7 atom stereocenters. The summed E-state index contributed by atoms with van der Waals surface area (Å²) in [4.78, 5) is 57.5. The molecule has 1 aromatic carbocycles. The first-order valence-electron chi connectivity index (χ1n) is 22.4. The van der Waals surface area contributed by atoms with E-state index in [1.54, 1.807) is 7.11 Å². The largest absolute Gasteiger partial charge is 0.464 e. The van der Waals surface area contributed by atoms with E-state index in [2.05, 4.69) is 75.5 Å². The number of piperazine rings is 1. The van der Waals surface area contributed by atoms with Gasteiger partial charge in [-0.3, -0.25) is 29.3 Å². The van der Waals surface area contributed by atoms with Crippen LogP contribution in [0.2, 0.25) is 0 Å². The summed E-state index contributed by atoms with van der Waals surface area (Å²) in [5.74, 6) is -0.777. The predicted octanol–water partition coefficient (Wildman–Crippen LogP) is 5.41. The van der Waals surface area contributed by atoms with Crippen molar-refractivity contribution in [3.8, 4) is 22.5 Å². The van der Waals surface area contributed by atoms with Crippen LogP contribution in [-0.4, -0.2) is 120 Å². The maximum Gasteiger partial charge on any atom is 0.324 e. The summed E-state index contributed by atoms with van der Waals surface area (Å²) < 4.78 is 20.8. The number of hydrogen-bond acceptors (Lipinski definition) is 12. The molecular formula is C46H60N8O6S. The highest BCUT2D eigenvalue weighted by atomic mass is 32.1. The molecule has 5 fully saturated rings. The molecular weight excluding hydrogens is 793 g/mol. The minimum atomic E-state index is -0.853. The molecule has 326 valence electrons. The van der Waals surface area contributed by atoms with Crippen LogP contribution in [0.4, 0.5) is 5.69 Å². The maximum atomic E-state index is 14.3. The summed E-state index contributed by atoms with van der Waals surface area (Å²) in [5.41, 5.74) is 10.9. The van der Waals surface area contributed by atoms with Crippen LogP contribution in [0.25, 0.3) is 33.4 Å². The topological polar surface area (TPSA) is 143 Å². The summed E-state index contributed by atoms with van der Waals surface area (Å²) in [6, 6.07) is 8.12. The van der Waals surface area contributed by atoms with Gasteiger partial charge in [-0.1, -0.05) is 19.9 Å². The molecule has 4 aliphatic heterocycles. The molecule has 2 saturated carbocycles. The summed E-state index contributed by atoms with van der Waals surface area (Å²) in [6.07, 6.45) is 5.63. The number of ether oxygens (including phenoxy) is 3. The lowest BCUT2D eigenvalue weighted by Gasteiger charge is -2.43. The minimum Gasteiger partial charge on any atom is -0.464 e. The fourth-order valence-corrected chi connectivity index (χ4v) is 12.1. The zero-order chi connectivity index (χ0) is 41.7. The molecule has 11 rings (SSSR count). The zero-order valence-corrected chi connectivity index (χ0v) is 36.3. The highest BCUT2D eigenvalue weighted by molar-refractivity contribution is 7.10. The number of nitrogens with one attached hydrogen (secondary N) is 2. The van der Waals surface area contributed by atoms with Crippen LogP contribution in [-0.2, 0) is 41.6 Å². The number of cyclic esters (lactones) is 1.